The van der Waals surface area contributed by atoms with E-state index in [9.17, 15) is 4.79 Å². The second-order valence-electron chi connectivity index (χ2n) is 9.48. The second kappa shape index (κ2) is 7.95. The molecule has 1 aliphatic carbocycles. The van der Waals surface area contributed by atoms with Gasteiger partial charge >= 0.3 is 5.97 Å². The summed E-state index contributed by atoms with van der Waals surface area (Å²) in [6.45, 7) is 8.00. The Kier molecular flexibility index (Phi) is 5.20. The lowest BCUT2D eigenvalue weighted by Crippen LogP contribution is -2.32. The quantitative estimate of drug-likeness (QED) is 0.471. The topological polar surface area (TPSA) is 115 Å². The van der Waals surface area contributed by atoms with E-state index in [2.05, 4.69) is 27.5 Å². The van der Waals surface area contributed by atoms with Crippen molar-refractivity contribution in [3.05, 3.63) is 47.4 Å². The highest BCUT2D eigenvalue weighted by Gasteiger charge is 2.31. The predicted octanol–water partition coefficient (Wildman–Crippen LogP) is 4.59. The number of hydrogen-bond donors (Lipinski definition) is 3. The number of esters is 1. The number of cyclic esters (lactones) is 1. The van der Waals surface area contributed by atoms with E-state index in [0.717, 1.165) is 47.1 Å². The molecule has 0 aromatic carbocycles. The van der Waals surface area contributed by atoms with Gasteiger partial charge in [0.05, 0.1) is 11.3 Å². The molecule has 3 aromatic rings. The zero-order valence-electron chi connectivity index (χ0n) is 19.5. The highest BCUT2D eigenvalue weighted by Crippen LogP contribution is 2.36. The number of fused-ring (bicyclic) bond motifs is 2. The number of nitrogens with zero attached hydrogens (tertiary/aromatic N) is 3. The Hall–Kier alpha value is -3.26. The number of carbonyl (C=O) groups excluding carboxylic acids is 1. The smallest absolute Gasteiger partial charge is 0.340 e. The van der Waals surface area contributed by atoms with Crippen LogP contribution in [0.25, 0.3) is 10.8 Å². The monoisotopic (exact) mass is 446 g/mol. The summed E-state index contributed by atoms with van der Waals surface area (Å²) in [5.74, 6) is 1.82. The average Bonchev–Trinajstić information content (AvgIpc) is 3.61. The summed E-state index contributed by atoms with van der Waals surface area (Å²) in [4.78, 5) is 26.2. The summed E-state index contributed by atoms with van der Waals surface area (Å²) in [7, 11) is 0. The van der Waals surface area contributed by atoms with Crippen molar-refractivity contribution in [2.24, 2.45) is 5.73 Å². The fourth-order valence-corrected chi connectivity index (χ4v) is 4.14. The van der Waals surface area contributed by atoms with Crippen molar-refractivity contribution >= 4 is 34.2 Å². The number of pyridine rings is 3. The van der Waals surface area contributed by atoms with Crippen LogP contribution in [0.1, 0.15) is 74.5 Å². The summed E-state index contributed by atoms with van der Waals surface area (Å²) in [5.41, 5.74) is 8.35. The summed E-state index contributed by atoms with van der Waals surface area (Å²) < 4.78 is 5.39. The molecule has 33 heavy (non-hydrogen) atoms. The van der Waals surface area contributed by atoms with E-state index in [1.807, 2.05) is 39.2 Å². The van der Waals surface area contributed by atoms with Gasteiger partial charge in [-0.15, -0.1) is 0 Å². The molecule has 0 spiro atoms. The highest BCUT2D eigenvalue weighted by atomic mass is 16.5. The maximum Gasteiger partial charge on any atom is 0.340 e. The Balaban J connectivity index is 1.54. The molecule has 2 aliphatic rings. The van der Waals surface area contributed by atoms with Crippen LogP contribution in [0.5, 0.6) is 0 Å². The minimum atomic E-state index is -0.516. The first-order chi connectivity index (χ1) is 15.8. The van der Waals surface area contributed by atoms with Crippen molar-refractivity contribution in [2.45, 2.75) is 70.6 Å². The second-order valence-corrected chi connectivity index (χ2v) is 9.48. The van der Waals surface area contributed by atoms with Crippen LogP contribution in [0.3, 0.4) is 0 Å². The van der Waals surface area contributed by atoms with Crippen molar-refractivity contribution in [3.63, 3.8) is 0 Å². The van der Waals surface area contributed by atoms with E-state index < -0.39 is 5.54 Å². The van der Waals surface area contributed by atoms with Crippen LogP contribution in [-0.2, 0) is 10.3 Å². The molecule has 3 aromatic heterocycles. The van der Waals surface area contributed by atoms with Crippen molar-refractivity contribution in [1.82, 2.24) is 15.0 Å². The predicted molar refractivity (Wildman–Crippen MR) is 129 cm³/mol. The first-order valence-electron chi connectivity index (χ1n) is 11.6. The lowest BCUT2D eigenvalue weighted by Gasteiger charge is -2.27. The van der Waals surface area contributed by atoms with E-state index in [0.29, 0.717) is 23.2 Å². The zero-order valence-corrected chi connectivity index (χ0v) is 19.5. The van der Waals surface area contributed by atoms with Crippen LogP contribution < -0.4 is 16.4 Å². The van der Waals surface area contributed by atoms with Crippen LogP contribution in [0.15, 0.2) is 30.6 Å². The molecule has 0 radical (unpaired) electrons. The molecule has 4 heterocycles. The number of aromatic nitrogens is 3. The molecule has 0 saturated heterocycles. The van der Waals surface area contributed by atoms with E-state index in [1.165, 1.54) is 0 Å². The van der Waals surface area contributed by atoms with Crippen molar-refractivity contribution in [2.75, 3.05) is 10.6 Å². The molecular weight excluding hydrogens is 416 g/mol. The molecule has 172 valence electrons. The third-order valence-electron chi connectivity index (χ3n) is 6.87. The molecule has 8 nitrogen and oxygen atoms in total. The van der Waals surface area contributed by atoms with E-state index in [-0.39, 0.29) is 18.0 Å². The SMILES string of the molecule is CC[C@](C)(N)c1cnc(NC2CC2)c2cnc(Nc3ccc4c(n3)[C@@H](C)[C@H](C)OC4=O)cc12. The van der Waals surface area contributed by atoms with Gasteiger partial charge < -0.3 is 21.1 Å². The third kappa shape index (κ3) is 3.99. The number of rotatable bonds is 6. The van der Waals surface area contributed by atoms with Gasteiger partial charge in [-0.2, -0.15) is 0 Å². The molecule has 0 unspecified atom stereocenters. The number of hydrogen-bond acceptors (Lipinski definition) is 8. The highest BCUT2D eigenvalue weighted by molar-refractivity contribution is 5.96. The van der Waals surface area contributed by atoms with Crippen molar-refractivity contribution in [3.8, 4) is 0 Å². The lowest BCUT2D eigenvalue weighted by atomic mass is 9.88. The number of carbonyl (C=O) groups is 1. The number of ether oxygens (including phenoxy) is 1. The van der Waals surface area contributed by atoms with Gasteiger partial charge in [0, 0.05) is 35.3 Å². The normalized spacial score (nSPS) is 21.8. The first kappa shape index (κ1) is 21.6. The molecule has 1 saturated carbocycles. The summed E-state index contributed by atoms with van der Waals surface area (Å²) in [6.07, 6.45) is 6.61. The Morgan fingerprint density at radius 2 is 1.94 bits per heavy atom. The standard InChI is InChI=1S/C25H30N6O2/c1-5-25(4,26)19-12-28-23(29-15-6-7-15)18-11-27-21(10-17(18)19)30-20-9-8-16-22(31-20)13(2)14(3)33-24(16)32/h8-15H,5-7,26H2,1-4H3,(H,28,29)(H,27,30,31)/t13-,14-,25-/m0/s1. The number of anilines is 3. The molecule has 0 amide bonds. The molecule has 1 fully saturated rings. The summed E-state index contributed by atoms with van der Waals surface area (Å²) >= 11 is 0. The van der Waals surface area contributed by atoms with Gasteiger partial charge in [-0.25, -0.2) is 19.7 Å². The fraction of sp³-hybridized carbons (Fsp3) is 0.440. The van der Waals surface area contributed by atoms with E-state index in [4.69, 9.17) is 15.5 Å². The molecular formula is C25H30N6O2. The van der Waals surface area contributed by atoms with Crippen molar-refractivity contribution in [1.29, 1.82) is 0 Å². The molecule has 4 N–H and O–H groups in total. The van der Waals surface area contributed by atoms with Gasteiger partial charge in [-0.3, -0.25) is 0 Å². The summed E-state index contributed by atoms with van der Waals surface area (Å²) in [6, 6.07) is 6.03. The van der Waals surface area contributed by atoms with Gasteiger partial charge in [0.1, 0.15) is 23.6 Å². The molecule has 0 bridgehead atoms. The largest absolute Gasteiger partial charge is 0.458 e. The summed E-state index contributed by atoms with van der Waals surface area (Å²) in [5, 5.41) is 8.79. The molecule has 1 aliphatic heterocycles. The van der Waals surface area contributed by atoms with Crippen LogP contribution >= 0.6 is 0 Å². The Bertz CT molecular complexity index is 1240. The molecule has 8 heteroatoms. The van der Waals surface area contributed by atoms with Gasteiger partial charge in [-0.05, 0) is 62.3 Å². The maximum atomic E-state index is 12.2. The van der Waals surface area contributed by atoms with E-state index in [1.54, 1.807) is 12.1 Å². The minimum Gasteiger partial charge on any atom is -0.458 e. The van der Waals surface area contributed by atoms with Crippen LogP contribution in [0, 0.1) is 0 Å². The Morgan fingerprint density at radius 1 is 1.15 bits per heavy atom. The van der Waals surface area contributed by atoms with Crippen LogP contribution in [0.2, 0.25) is 0 Å². The Labute approximate surface area is 193 Å². The van der Waals surface area contributed by atoms with Gasteiger partial charge in [0.15, 0.2) is 0 Å². The van der Waals surface area contributed by atoms with Gasteiger partial charge in [0.2, 0.25) is 0 Å². The molecule has 3 atom stereocenters. The van der Waals surface area contributed by atoms with Gasteiger partial charge in [0.25, 0.3) is 0 Å². The first-order valence-corrected chi connectivity index (χ1v) is 11.6. The van der Waals surface area contributed by atoms with Gasteiger partial charge in [-0.1, -0.05) is 13.8 Å². The number of nitrogens with two attached hydrogens (primary N) is 1. The van der Waals surface area contributed by atoms with E-state index >= 15 is 0 Å². The average molecular weight is 447 g/mol. The van der Waals surface area contributed by atoms with Crippen LogP contribution in [-0.4, -0.2) is 33.1 Å². The maximum absolute atomic E-state index is 12.2. The van der Waals surface area contributed by atoms with Crippen LogP contribution in [0.4, 0.5) is 17.5 Å². The number of nitrogens with one attached hydrogen (secondary N) is 2. The minimum absolute atomic E-state index is 0.0141. The van der Waals surface area contributed by atoms with Crippen molar-refractivity contribution < 1.29 is 9.53 Å². The Morgan fingerprint density at radius 3 is 2.67 bits per heavy atom. The zero-order chi connectivity index (χ0) is 23.3. The third-order valence-corrected chi connectivity index (χ3v) is 6.87. The lowest BCUT2D eigenvalue weighted by molar-refractivity contribution is 0.0235. The fourth-order valence-electron chi connectivity index (χ4n) is 4.14. The molecule has 5 rings (SSSR count).